The van der Waals surface area contributed by atoms with Gasteiger partial charge in [0.25, 0.3) is 11.8 Å². The maximum Gasteiger partial charge on any atom is 0.338 e. The standard InChI is InChI=1S/C45H54ClFN4O9/c1-45(2,3)59-44(54)31-11-13-32(14-12-31)48-42(52)41-35-8-5-7-33(30-15-18-50(19-16-30)21-22-56-25-26-58-28-27-57-24-23-55-4)34(35)17-20-51(41)43(53)39-29-38(49-60-39)36-9-6-10-37(46)40(36)47/h5-15,39,41H,16-29H2,1-4H3,(H,48,52)/t39-,41+/m1/s1. The third-order valence-electron chi connectivity index (χ3n) is 10.3. The van der Waals surface area contributed by atoms with Crippen molar-refractivity contribution in [3.63, 3.8) is 0 Å². The predicted octanol–water partition coefficient (Wildman–Crippen LogP) is 6.48. The zero-order chi connectivity index (χ0) is 42.6. The fourth-order valence-electron chi connectivity index (χ4n) is 7.34. The van der Waals surface area contributed by atoms with Crippen molar-refractivity contribution in [2.24, 2.45) is 5.16 Å². The lowest BCUT2D eigenvalue weighted by Gasteiger charge is -2.38. The van der Waals surface area contributed by atoms with Crippen molar-refractivity contribution in [3.8, 4) is 0 Å². The Morgan fingerprint density at radius 1 is 0.883 bits per heavy atom. The number of nitrogens with zero attached hydrogens (tertiary/aromatic N) is 3. The quantitative estimate of drug-likeness (QED) is 0.112. The number of hydrogen-bond acceptors (Lipinski definition) is 11. The van der Waals surface area contributed by atoms with E-state index in [0.717, 1.165) is 37.2 Å². The molecule has 2 amide bonds. The minimum absolute atomic E-state index is 0.00723. The molecule has 3 aromatic rings. The second-order valence-electron chi connectivity index (χ2n) is 15.7. The Morgan fingerprint density at radius 2 is 1.57 bits per heavy atom. The van der Waals surface area contributed by atoms with Gasteiger partial charge in [0, 0.05) is 51.0 Å². The molecule has 6 rings (SSSR count). The molecule has 0 fully saturated rings. The number of nitrogens with one attached hydrogen (secondary N) is 1. The van der Waals surface area contributed by atoms with Gasteiger partial charge in [-0.3, -0.25) is 14.5 Å². The number of carbonyl (C=O) groups is 3. The second-order valence-corrected chi connectivity index (χ2v) is 16.1. The Bertz CT molecular complexity index is 2040. The van der Waals surface area contributed by atoms with Crippen LogP contribution in [0.3, 0.4) is 0 Å². The minimum atomic E-state index is -1.07. The summed E-state index contributed by atoms with van der Waals surface area (Å²) in [5.41, 5.74) is 4.47. The summed E-state index contributed by atoms with van der Waals surface area (Å²) in [6.45, 7) is 11.7. The van der Waals surface area contributed by atoms with Crippen molar-refractivity contribution in [1.29, 1.82) is 0 Å². The summed E-state index contributed by atoms with van der Waals surface area (Å²) in [6.07, 6.45) is 2.48. The zero-order valence-electron chi connectivity index (χ0n) is 34.7. The van der Waals surface area contributed by atoms with Gasteiger partial charge in [0.05, 0.1) is 62.5 Å². The van der Waals surface area contributed by atoms with E-state index in [2.05, 4.69) is 27.5 Å². The number of ether oxygens (including phenoxy) is 5. The smallest absolute Gasteiger partial charge is 0.338 e. The highest BCUT2D eigenvalue weighted by Gasteiger charge is 2.42. The molecule has 0 aliphatic carbocycles. The largest absolute Gasteiger partial charge is 0.456 e. The summed E-state index contributed by atoms with van der Waals surface area (Å²) >= 11 is 6.03. The fraction of sp³-hybridized carbons (Fsp3) is 0.467. The van der Waals surface area contributed by atoms with Crippen LogP contribution in [0.5, 0.6) is 0 Å². The number of halogens is 2. The SMILES string of the molecule is COCCOCCOCCOCCN1CC=C(c2cccc3c2CCN(C(=O)[C@H]2CC(c4cccc(Cl)c4F)=NO2)[C@@H]3C(=O)Nc2ccc(C(=O)OC(C)(C)C)cc2)CC1. The number of carbonyl (C=O) groups excluding carboxylic acids is 3. The Hall–Kier alpha value is -4.70. The number of fused-ring (bicyclic) bond motifs is 1. The molecule has 13 nitrogen and oxygen atoms in total. The van der Waals surface area contributed by atoms with E-state index in [1.807, 2.05) is 12.1 Å². The van der Waals surface area contributed by atoms with E-state index in [1.165, 1.54) is 22.6 Å². The first-order valence-corrected chi connectivity index (χ1v) is 20.7. The van der Waals surface area contributed by atoms with Crippen molar-refractivity contribution in [2.75, 3.05) is 84.9 Å². The molecular formula is C45H54ClFN4O9. The number of amides is 2. The van der Waals surface area contributed by atoms with Crippen LogP contribution in [0, 0.1) is 5.82 Å². The molecule has 3 aromatic carbocycles. The van der Waals surface area contributed by atoms with Crippen LogP contribution in [0.25, 0.3) is 5.57 Å². The van der Waals surface area contributed by atoms with Crippen LogP contribution in [0.1, 0.15) is 72.3 Å². The molecule has 2 atom stereocenters. The topological polar surface area (TPSA) is 137 Å². The van der Waals surface area contributed by atoms with Crippen LogP contribution < -0.4 is 5.32 Å². The molecule has 60 heavy (non-hydrogen) atoms. The zero-order valence-corrected chi connectivity index (χ0v) is 35.4. The summed E-state index contributed by atoms with van der Waals surface area (Å²) in [5.74, 6) is -2.00. The molecule has 0 spiro atoms. The lowest BCUT2D eigenvalue weighted by atomic mass is 9.84. The number of rotatable bonds is 18. The molecule has 0 radical (unpaired) electrons. The normalized spacial score (nSPS) is 18.0. The van der Waals surface area contributed by atoms with Crippen LogP contribution >= 0.6 is 11.6 Å². The highest BCUT2D eigenvalue weighted by Crippen LogP contribution is 2.38. The fourth-order valence-corrected chi connectivity index (χ4v) is 7.52. The second kappa shape index (κ2) is 21.2. The van der Waals surface area contributed by atoms with Gasteiger partial charge >= 0.3 is 5.97 Å². The van der Waals surface area contributed by atoms with Crippen molar-refractivity contribution < 1.29 is 47.3 Å². The van der Waals surface area contributed by atoms with E-state index in [4.69, 9.17) is 40.1 Å². The molecule has 1 N–H and O–H groups in total. The number of esters is 1. The van der Waals surface area contributed by atoms with Gasteiger partial charge in [0.2, 0.25) is 6.10 Å². The van der Waals surface area contributed by atoms with E-state index >= 15 is 0 Å². The van der Waals surface area contributed by atoms with E-state index in [1.54, 1.807) is 58.2 Å². The molecule has 0 saturated carbocycles. The number of anilines is 1. The summed E-state index contributed by atoms with van der Waals surface area (Å²) in [4.78, 5) is 50.9. The Morgan fingerprint density at radius 3 is 2.25 bits per heavy atom. The Labute approximate surface area is 355 Å². The van der Waals surface area contributed by atoms with Gasteiger partial charge in [-0.15, -0.1) is 0 Å². The number of oxime groups is 1. The summed E-state index contributed by atoms with van der Waals surface area (Å²) in [5, 5.41) is 6.97. The Balaban J connectivity index is 1.14. The molecule has 0 saturated heterocycles. The molecule has 3 heterocycles. The number of hydrogen-bond donors (Lipinski definition) is 1. The maximum atomic E-state index is 14.9. The van der Waals surface area contributed by atoms with Gasteiger partial charge < -0.3 is 38.7 Å². The van der Waals surface area contributed by atoms with Crippen LogP contribution in [-0.4, -0.2) is 125 Å². The molecule has 0 unspecified atom stereocenters. The molecule has 322 valence electrons. The first kappa shape index (κ1) is 44.8. The van der Waals surface area contributed by atoms with Crippen molar-refractivity contribution in [2.45, 2.75) is 57.8 Å². The van der Waals surface area contributed by atoms with E-state index in [9.17, 15) is 18.8 Å². The van der Waals surface area contributed by atoms with Gasteiger partial charge in [0.1, 0.15) is 11.6 Å². The van der Waals surface area contributed by atoms with Crippen molar-refractivity contribution in [3.05, 3.63) is 105 Å². The highest BCUT2D eigenvalue weighted by molar-refractivity contribution is 6.31. The number of methoxy groups -OCH3 is 1. The van der Waals surface area contributed by atoms with E-state index in [0.29, 0.717) is 69.5 Å². The third kappa shape index (κ3) is 11.8. The van der Waals surface area contributed by atoms with Gasteiger partial charge in [-0.05, 0) is 92.3 Å². The molecule has 15 heteroatoms. The first-order chi connectivity index (χ1) is 28.9. The van der Waals surface area contributed by atoms with E-state index in [-0.39, 0.29) is 29.3 Å². The van der Waals surface area contributed by atoms with Crippen molar-refractivity contribution >= 4 is 46.4 Å². The summed E-state index contributed by atoms with van der Waals surface area (Å²) in [7, 11) is 1.64. The first-order valence-electron chi connectivity index (χ1n) is 20.3. The lowest BCUT2D eigenvalue weighted by Crippen LogP contribution is -2.49. The third-order valence-corrected chi connectivity index (χ3v) is 10.6. The summed E-state index contributed by atoms with van der Waals surface area (Å²) in [6, 6.07) is 15.9. The molecule has 3 aliphatic heterocycles. The molecular weight excluding hydrogens is 795 g/mol. The molecule has 3 aliphatic rings. The predicted molar refractivity (Wildman–Crippen MR) is 226 cm³/mol. The monoisotopic (exact) mass is 848 g/mol. The minimum Gasteiger partial charge on any atom is -0.456 e. The average molecular weight is 849 g/mol. The lowest BCUT2D eigenvalue weighted by molar-refractivity contribution is -0.148. The van der Waals surface area contributed by atoms with Crippen molar-refractivity contribution in [1.82, 2.24) is 9.80 Å². The van der Waals surface area contributed by atoms with Crippen LogP contribution in [0.2, 0.25) is 5.02 Å². The molecule has 0 bridgehead atoms. The van der Waals surface area contributed by atoms with Crippen LogP contribution in [0.4, 0.5) is 10.1 Å². The van der Waals surface area contributed by atoms with Crippen LogP contribution in [0.15, 0.2) is 71.9 Å². The van der Waals surface area contributed by atoms with Gasteiger partial charge in [-0.1, -0.05) is 47.1 Å². The average Bonchev–Trinajstić information content (AvgIpc) is 3.73. The van der Waals surface area contributed by atoms with Gasteiger partial charge in [0.15, 0.2) is 5.82 Å². The Kier molecular flexibility index (Phi) is 15.8. The highest BCUT2D eigenvalue weighted by atomic mass is 35.5. The molecule has 0 aromatic heterocycles. The van der Waals surface area contributed by atoms with Gasteiger partial charge in [-0.2, -0.15) is 0 Å². The maximum absolute atomic E-state index is 14.9. The number of benzene rings is 3. The van der Waals surface area contributed by atoms with E-state index < -0.39 is 41.3 Å². The summed E-state index contributed by atoms with van der Waals surface area (Å²) < 4.78 is 42.1. The van der Waals surface area contributed by atoms with Gasteiger partial charge in [-0.25, -0.2) is 9.18 Å². The van der Waals surface area contributed by atoms with Crippen LogP contribution in [-0.2, 0) is 44.5 Å².